The number of nitrogens with zero attached hydrogens (tertiary/aromatic N) is 4. The van der Waals surface area contributed by atoms with Crippen LogP contribution in [0.1, 0.15) is 68.6 Å². The van der Waals surface area contributed by atoms with E-state index in [1.807, 2.05) is 23.4 Å². The fraction of sp³-hybridized carbons (Fsp3) is 0.643. The standard InChI is InChI=1S/C28H38N4O3/c1-19(2)22-15-29-32(17-22)18-26(34)30-10-7-27-8-11-31(16-20-3-4-20)25(28(27,35)9-12-30)13-21-5-6-23(33)14-24(21)27/h5-6,14-15,17,19-20,25,33,35H,3-4,7-13,16,18H2,1-2H3. The predicted octanol–water partition coefficient (Wildman–Crippen LogP) is 3.04. The Bertz CT molecular complexity index is 1130. The SMILES string of the molecule is CC(C)c1cnn(CC(=O)N2CCC34CCN(CC5CC5)C(Cc5ccc(O)cc53)C4(O)CC2)c1. The minimum Gasteiger partial charge on any atom is -0.508 e. The summed E-state index contributed by atoms with van der Waals surface area (Å²) in [6.45, 7) is 7.68. The van der Waals surface area contributed by atoms with Gasteiger partial charge in [0, 0.05) is 37.3 Å². The van der Waals surface area contributed by atoms with E-state index in [-0.39, 0.29) is 24.2 Å². The van der Waals surface area contributed by atoms with Crippen molar-refractivity contribution in [2.45, 2.75) is 81.9 Å². The molecule has 1 aromatic heterocycles. The summed E-state index contributed by atoms with van der Waals surface area (Å²) in [5, 5.41) is 27.3. The van der Waals surface area contributed by atoms with E-state index < -0.39 is 11.0 Å². The quantitative estimate of drug-likeness (QED) is 0.690. The van der Waals surface area contributed by atoms with E-state index in [1.165, 1.54) is 18.4 Å². The molecule has 1 saturated carbocycles. The summed E-state index contributed by atoms with van der Waals surface area (Å²) < 4.78 is 1.74. The van der Waals surface area contributed by atoms with Gasteiger partial charge in [0.05, 0.1) is 11.8 Å². The Kier molecular flexibility index (Phi) is 5.49. The molecule has 1 amide bonds. The lowest BCUT2D eigenvalue weighted by Gasteiger charge is -2.61. The van der Waals surface area contributed by atoms with E-state index in [1.54, 1.807) is 10.7 Å². The molecule has 3 heterocycles. The lowest BCUT2D eigenvalue weighted by atomic mass is 9.52. The van der Waals surface area contributed by atoms with Gasteiger partial charge >= 0.3 is 0 Å². The van der Waals surface area contributed by atoms with Crippen LogP contribution in [0.25, 0.3) is 0 Å². The third-order valence-electron chi connectivity index (χ3n) is 9.40. The molecular weight excluding hydrogens is 440 g/mol. The zero-order valence-corrected chi connectivity index (χ0v) is 21.0. The summed E-state index contributed by atoms with van der Waals surface area (Å²) in [4.78, 5) is 17.8. The van der Waals surface area contributed by atoms with Crippen molar-refractivity contribution in [1.29, 1.82) is 0 Å². The first-order valence-corrected chi connectivity index (χ1v) is 13.4. The highest BCUT2D eigenvalue weighted by Crippen LogP contribution is 2.56. The number of hydrogen-bond donors (Lipinski definition) is 2. The van der Waals surface area contributed by atoms with Crippen LogP contribution in [-0.2, 0) is 23.2 Å². The number of rotatable bonds is 5. The first-order valence-electron chi connectivity index (χ1n) is 13.4. The first kappa shape index (κ1) is 23.0. The summed E-state index contributed by atoms with van der Waals surface area (Å²) in [7, 11) is 0. The van der Waals surface area contributed by atoms with Crippen molar-refractivity contribution in [3.8, 4) is 5.75 Å². The van der Waals surface area contributed by atoms with Gasteiger partial charge in [-0.3, -0.25) is 14.4 Å². The van der Waals surface area contributed by atoms with Crippen LogP contribution >= 0.6 is 0 Å². The molecule has 2 bridgehead atoms. The van der Waals surface area contributed by atoms with E-state index in [0.29, 0.717) is 25.4 Å². The molecule has 2 N–H and O–H groups in total. The lowest BCUT2D eigenvalue weighted by molar-refractivity contribution is -0.149. The number of phenolic OH excluding ortho intramolecular Hbond substituents is 1. The molecule has 0 radical (unpaired) electrons. The van der Waals surface area contributed by atoms with Crippen molar-refractivity contribution < 1.29 is 15.0 Å². The second kappa shape index (κ2) is 8.34. The second-order valence-electron chi connectivity index (χ2n) is 11.8. The van der Waals surface area contributed by atoms with Crippen LogP contribution in [0.15, 0.2) is 30.6 Å². The second-order valence-corrected chi connectivity index (χ2v) is 11.8. The number of aliphatic hydroxyl groups is 1. The van der Waals surface area contributed by atoms with Crippen molar-refractivity contribution >= 4 is 5.91 Å². The zero-order chi connectivity index (χ0) is 24.4. The van der Waals surface area contributed by atoms with Crippen LogP contribution in [-0.4, -0.2) is 73.5 Å². The largest absolute Gasteiger partial charge is 0.508 e. The number of phenols is 1. The Hall–Kier alpha value is -2.38. The summed E-state index contributed by atoms with van der Waals surface area (Å²) >= 11 is 0. The molecule has 188 valence electrons. The van der Waals surface area contributed by atoms with Gasteiger partial charge in [0.15, 0.2) is 0 Å². The van der Waals surface area contributed by atoms with E-state index >= 15 is 0 Å². The van der Waals surface area contributed by atoms with Gasteiger partial charge in [0.25, 0.3) is 0 Å². The van der Waals surface area contributed by atoms with E-state index in [9.17, 15) is 15.0 Å². The maximum atomic E-state index is 13.4. The Morgan fingerprint density at radius 2 is 1.94 bits per heavy atom. The molecule has 2 aromatic rings. The van der Waals surface area contributed by atoms with Crippen LogP contribution in [0.2, 0.25) is 0 Å². The summed E-state index contributed by atoms with van der Waals surface area (Å²) in [6.07, 6.45) is 9.36. The van der Waals surface area contributed by atoms with Gasteiger partial charge in [-0.2, -0.15) is 5.10 Å². The van der Waals surface area contributed by atoms with E-state index in [2.05, 4.69) is 29.9 Å². The number of hydrogen-bond acceptors (Lipinski definition) is 5. The van der Waals surface area contributed by atoms with Crippen LogP contribution in [0, 0.1) is 5.92 Å². The van der Waals surface area contributed by atoms with Crippen molar-refractivity contribution in [3.63, 3.8) is 0 Å². The van der Waals surface area contributed by atoms with Crippen LogP contribution in [0.5, 0.6) is 5.75 Å². The van der Waals surface area contributed by atoms with Crippen LogP contribution in [0.3, 0.4) is 0 Å². The summed E-state index contributed by atoms with van der Waals surface area (Å²) in [5.74, 6) is 1.46. The smallest absolute Gasteiger partial charge is 0.244 e. The lowest BCUT2D eigenvalue weighted by Crippen LogP contribution is -2.71. The first-order chi connectivity index (χ1) is 16.8. The van der Waals surface area contributed by atoms with Crippen molar-refractivity contribution in [2.75, 3.05) is 26.2 Å². The van der Waals surface area contributed by atoms with Gasteiger partial charge in [-0.25, -0.2) is 0 Å². The van der Waals surface area contributed by atoms with Crippen LogP contribution < -0.4 is 0 Å². The summed E-state index contributed by atoms with van der Waals surface area (Å²) in [5.41, 5.74) is 2.14. The molecule has 2 aliphatic heterocycles. The Morgan fingerprint density at radius 1 is 1.17 bits per heavy atom. The monoisotopic (exact) mass is 478 g/mol. The van der Waals surface area contributed by atoms with Crippen LogP contribution in [0.4, 0.5) is 0 Å². The van der Waals surface area contributed by atoms with Gasteiger partial charge in [0.2, 0.25) is 5.91 Å². The number of benzene rings is 1. The highest BCUT2D eigenvalue weighted by atomic mass is 16.3. The number of fused-ring (bicyclic) bond motifs is 1. The van der Waals surface area contributed by atoms with Gasteiger partial charge < -0.3 is 15.1 Å². The zero-order valence-electron chi connectivity index (χ0n) is 21.0. The molecule has 7 heteroatoms. The molecule has 0 spiro atoms. The molecule has 35 heavy (non-hydrogen) atoms. The highest BCUT2D eigenvalue weighted by molar-refractivity contribution is 5.76. The number of carbonyl (C=O) groups excluding carboxylic acids is 1. The average molecular weight is 479 g/mol. The molecule has 3 fully saturated rings. The number of aromatic nitrogens is 2. The maximum Gasteiger partial charge on any atom is 0.244 e. The topological polar surface area (TPSA) is 81.8 Å². The maximum absolute atomic E-state index is 13.4. The molecule has 3 unspecified atom stereocenters. The number of carbonyl (C=O) groups is 1. The molecule has 7 nitrogen and oxygen atoms in total. The average Bonchev–Trinajstić information content (AvgIpc) is 3.55. The van der Waals surface area contributed by atoms with Crippen molar-refractivity contribution in [2.24, 2.45) is 5.92 Å². The fourth-order valence-corrected chi connectivity index (χ4v) is 7.12. The number of likely N-dealkylation sites (tertiary alicyclic amines) is 2. The number of aromatic hydroxyl groups is 1. The molecule has 1 aromatic carbocycles. The van der Waals surface area contributed by atoms with E-state index in [4.69, 9.17) is 0 Å². The van der Waals surface area contributed by atoms with Crippen molar-refractivity contribution in [3.05, 3.63) is 47.3 Å². The molecular formula is C28H38N4O3. The highest BCUT2D eigenvalue weighted by Gasteiger charge is 2.63. The van der Waals surface area contributed by atoms with E-state index in [0.717, 1.165) is 49.4 Å². The third kappa shape index (κ3) is 3.78. The van der Waals surface area contributed by atoms with Crippen molar-refractivity contribution in [1.82, 2.24) is 19.6 Å². The Morgan fingerprint density at radius 3 is 2.69 bits per heavy atom. The van der Waals surface area contributed by atoms with Gasteiger partial charge in [0.1, 0.15) is 12.3 Å². The Balaban J connectivity index is 1.30. The molecule has 2 saturated heterocycles. The molecule has 4 aliphatic rings. The number of amides is 1. The van der Waals surface area contributed by atoms with Gasteiger partial charge in [-0.1, -0.05) is 19.9 Å². The fourth-order valence-electron chi connectivity index (χ4n) is 7.12. The minimum absolute atomic E-state index is 0.0579. The third-order valence-corrected chi connectivity index (χ3v) is 9.40. The number of piperidine rings is 1. The normalized spacial score (nSPS) is 30.6. The molecule has 6 rings (SSSR count). The summed E-state index contributed by atoms with van der Waals surface area (Å²) in [6, 6.07) is 5.78. The predicted molar refractivity (Wildman–Crippen MR) is 133 cm³/mol. The molecule has 2 aliphatic carbocycles. The van der Waals surface area contributed by atoms with Gasteiger partial charge in [-0.05, 0) is 85.7 Å². The Labute approximate surface area is 207 Å². The molecule has 3 atom stereocenters. The van der Waals surface area contributed by atoms with Gasteiger partial charge in [-0.15, -0.1) is 0 Å². The minimum atomic E-state index is -0.910.